The first-order valence-electron chi connectivity index (χ1n) is 5.56. The van der Waals surface area contributed by atoms with Gasteiger partial charge in [-0.1, -0.05) is 58.9 Å². The second-order valence-corrected chi connectivity index (χ2v) is 23.0. The molecule has 0 unspecified atom stereocenters. The van der Waals surface area contributed by atoms with Gasteiger partial charge in [0.15, 0.2) is 0 Å². The summed E-state index contributed by atoms with van der Waals surface area (Å²) in [7, 11) is -2.58. The van der Waals surface area contributed by atoms with Gasteiger partial charge in [0.05, 0.1) is 0 Å². The molecular weight excluding hydrogens is 392 g/mol. The molecular formula is C12H33Cl2NbSi3. The van der Waals surface area contributed by atoms with Gasteiger partial charge in [-0.15, -0.1) is 24.2 Å². The van der Waals surface area contributed by atoms with Crippen LogP contribution in [0.15, 0.2) is 0 Å². The fourth-order valence-electron chi connectivity index (χ4n) is 0. The molecule has 6 heteroatoms. The van der Waals surface area contributed by atoms with Gasteiger partial charge in [-0.25, -0.2) is 0 Å². The predicted octanol–water partition coefficient (Wildman–Crippen LogP) is -0.901. The van der Waals surface area contributed by atoms with Gasteiger partial charge in [-0.05, 0) is 0 Å². The van der Waals surface area contributed by atoms with Crippen molar-refractivity contribution in [3.8, 4) is 0 Å². The predicted molar refractivity (Wildman–Crippen MR) is 86.1 cm³/mol. The Morgan fingerprint density at radius 3 is 0.444 bits per heavy atom. The van der Waals surface area contributed by atoms with Crippen LogP contribution >= 0.6 is 0 Å². The molecule has 0 aliphatic rings. The summed E-state index contributed by atoms with van der Waals surface area (Å²) in [4.78, 5) is 0. The van der Waals surface area contributed by atoms with Crippen LogP contribution in [-0.2, 0) is 22.4 Å². The van der Waals surface area contributed by atoms with Gasteiger partial charge in [0.25, 0.3) is 0 Å². The van der Waals surface area contributed by atoms with Gasteiger partial charge < -0.3 is 44.5 Å². The van der Waals surface area contributed by atoms with E-state index in [9.17, 15) is 0 Å². The average molecular weight is 425 g/mol. The number of halogens is 2. The van der Waals surface area contributed by atoms with E-state index in [1.165, 1.54) is 0 Å². The third kappa shape index (κ3) is 1330. The maximum atomic E-state index is 3.91. The Morgan fingerprint density at radius 2 is 0.444 bits per heavy atom. The standard InChI is InChI=1S/3C4H11Si.2ClH.Nb/c3*1-5(2,3)4;;;/h3*1H2,2-4H3;2*1H;/q3*-1;;;+5/p-2. The van der Waals surface area contributed by atoms with Crippen LogP contribution in [0, 0.1) is 19.6 Å². The van der Waals surface area contributed by atoms with Crippen LogP contribution in [0.1, 0.15) is 0 Å². The monoisotopic (exact) mass is 424 g/mol. The number of rotatable bonds is 0. The van der Waals surface area contributed by atoms with Crippen LogP contribution in [0.25, 0.3) is 0 Å². The number of hydrogen-bond acceptors (Lipinski definition) is 0. The second-order valence-electron chi connectivity index (χ2n) is 7.68. The molecule has 0 rings (SSSR count). The molecule has 0 saturated heterocycles. The molecule has 0 fully saturated rings. The van der Waals surface area contributed by atoms with E-state index in [-0.39, 0.29) is 47.2 Å². The van der Waals surface area contributed by atoms with Crippen LogP contribution in [0.4, 0.5) is 0 Å². The Morgan fingerprint density at radius 1 is 0.444 bits per heavy atom. The normalized spacial score (nSPS) is 10.0. The molecule has 0 bridgehead atoms. The minimum Gasteiger partial charge on any atom is -1.00 e. The molecule has 0 nitrogen and oxygen atoms in total. The molecule has 0 spiro atoms. The third-order valence-electron chi connectivity index (χ3n) is 0. The van der Waals surface area contributed by atoms with Crippen LogP contribution in [0.2, 0.25) is 58.9 Å². The summed E-state index contributed by atoms with van der Waals surface area (Å²) in [6.45, 7) is 31.7. The topological polar surface area (TPSA) is 0 Å². The van der Waals surface area contributed by atoms with E-state index in [2.05, 4.69) is 78.6 Å². The van der Waals surface area contributed by atoms with Crippen molar-refractivity contribution >= 4 is 24.2 Å². The first kappa shape index (κ1) is 36.8. The number of hydrogen-bond donors (Lipinski definition) is 0. The Balaban J connectivity index is -0.0000000277. The molecule has 112 valence electrons. The third-order valence-corrected chi connectivity index (χ3v) is 0. The first-order chi connectivity index (χ1) is 6.00. The van der Waals surface area contributed by atoms with Crippen molar-refractivity contribution in [3.63, 3.8) is 0 Å². The van der Waals surface area contributed by atoms with Crippen molar-refractivity contribution in [3.05, 3.63) is 19.6 Å². The fourth-order valence-corrected chi connectivity index (χ4v) is 0. The van der Waals surface area contributed by atoms with Crippen LogP contribution in [-0.4, -0.2) is 24.2 Å². The van der Waals surface area contributed by atoms with Crippen molar-refractivity contribution in [1.29, 1.82) is 0 Å². The summed E-state index contributed by atoms with van der Waals surface area (Å²) >= 11 is 0. The quantitative estimate of drug-likeness (QED) is 0.349. The van der Waals surface area contributed by atoms with E-state index in [0.29, 0.717) is 0 Å². The van der Waals surface area contributed by atoms with Crippen molar-refractivity contribution in [2.75, 3.05) is 0 Å². The first-order valence-corrected chi connectivity index (χ1v) is 16.7. The second kappa shape index (κ2) is 15.4. The van der Waals surface area contributed by atoms with Crippen molar-refractivity contribution in [2.45, 2.75) is 58.9 Å². The van der Waals surface area contributed by atoms with Crippen molar-refractivity contribution < 1.29 is 47.2 Å². The van der Waals surface area contributed by atoms with Gasteiger partial charge in [0.1, 0.15) is 0 Å². The van der Waals surface area contributed by atoms with E-state index in [4.69, 9.17) is 0 Å². The Kier molecular flexibility index (Phi) is 31.4. The largest absolute Gasteiger partial charge is 5.00 e. The smallest absolute Gasteiger partial charge is 1.00 e. The molecule has 0 aliphatic heterocycles. The summed E-state index contributed by atoms with van der Waals surface area (Å²) in [5, 5.41) is 0. The van der Waals surface area contributed by atoms with E-state index in [1.807, 2.05) is 0 Å². The molecule has 0 heterocycles. The summed E-state index contributed by atoms with van der Waals surface area (Å²) < 4.78 is 0. The summed E-state index contributed by atoms with van der Waals surface area (Å²) in [5.74, 6) is 0. The van der Waals surface area contributed by atoms with Crippen molar-refractivity contribution in [2.24, 2.45) is 0 Å². The van der Waals surface area contributed by atoms with Crippen LogP contribution in [0.3, 0.4) is 0 Å². The van der Waals surface area contributed by atoms with Gasteiger partial charge in [-0.3, -0.25) is 0 Å². The molecule has 18 heavy (non-hydrogen) atoms. The average Bonchev–Trinajstić information content (AvgIpc) is 1.41. The van der Waals surface area contributed by atoms with E-state index < -0.39 is 24.2 Å². The van der Waals surface area contributed by atoms with E-state index in [1.54, 1.807) is 0 Å². The Hall–Kier alpha value is 1.97. The van der Waals surface area contributed by atoms with Gasteiger partial charge >= 0.3 is 22.4 Å². The SMILES string of the molecule is [CH2-][Si](C)(C)C.[CH2-][Si](C)(C)C.[CH2-][Si](C)(C)C.[Cl-].[Cl-].[Nb+5]. The Bertz CT molecular complexity index is 100. The van der Waals surface area contributed by atoms with Gasteiger partial charge in [0, 0.05) is 0 Å². The van der Waals surface area contributed by atoms with Crippen LogP contribution < -0.4 is 24.8 Å². The zero-order valence-corrected chi connectivity index (χ0v) is 20.5. The van der Waals surface area contributed by atoms with E-state index >= 15 is 0 Å². The molecule has 0 radical (unpaired) electrons. The van der Waals surface area contributed by atoms with Crippen LogP contribution in [0.5, 0.6) is 0 Å². The molecule has 0 aromatic carbocycles. The summed E-state index contributed by atoms with van der Waals surface area (Å²) in [6.07, 6.45) is 0. The zero-order chi connectivity index (χ0) is 13.5. The van der Waals surface area contributed by atoms with Crippen molar-refractivity contribution in [1.82, 2.24) is 0 Å². The minimum atomic E-state index is -0.861. The molecule has 0 atom stereocenters. The molecule has 0 saturated carbocycles. The maximum absolute atomic E-state index is 3.91. The Labute approximate surface area is 149 Å². The van der Waals surface area contributed by atoms with E-state index in [0.717, 1.165) is 0 Å². The molecule has 0 N–H and O–H groups in total. The summed E-state index contributed by atoms with van der Waals surface area (Å²) in [5.41, 5.74) is 0. The zero-order valence-electron chi connectivity index (χ0n) is 13.8. The van der Waals surface area contributed by atoms with Gasteiger partial charge in [-0.2, -0.15) is 0 Å². The molecule has 0 aliphatic carbocycles. The molecule has 0 amide bonds. The fraction of sp³-hybridized carbons (Fsp3) is 0.750. The molecule has 0 aromatic rings. The summed E-state index contributed by atoms with van der Waals surface area (Å²) in [6, 6.07) is 0. The molecule has 0 aromatic heterocycles. The maximum Gasteiger partial charge on any atom is 5.00 e. The minimum absolute atomic E-state index is 0. The van der Waals surface area contributed by atoms with Gasteiger partial charge in [0.2, 0.25) is 0 Å².